The van der Waals surface area contributed by atoms with Crippen molar-refractivity contribution >= 4 is 27.4 Å². The molecule has 1 heterocycles. The molecule has 0 amide bonds. The van der Waals surface area contributed by atoms with Crippen molar-refractivity contribution in [1.82, 2.24) is 4.98 Å². The van der Waals surface area contributed by atoms with Crippen molar-refractivity contribution in [2.24, 2.45) is 0 Å². The van der Waals surface area contributed by atoms with Gasteiger partial charge >= 0.3 is 0 Å². The van der Waals surface area contributed by atoms with Gasteiger partial charge in [-0.05, 0) is 59.1 Å². The number of rotatable bonds is 2. The lowest BCUT2D eigenvalue weighted by molar-refractivity contribution is 1.24. The van der Waals surface area contributed by atoms with E-state index in [4.69, 9.17) is 5.26 Å². The highest BCUT2D eigenvalue weighted by Gasteiger charge is 2.08. The molecule has 0 atom stereocenters. The summed E-state index contributed by atoms with van der Waals surface area (Å²) in [6, 6.07) is 10.0. The Morgan fingerprint density at radius 2 is 2.06 bits per heavy atom. The fraction of sp³-hybridized carbons (Fsp3) is 0.143. The van der Waals surface area contributed by atoms with Gasteiger partial charge in [0, 0.05) is 10.7 Å². The maximum atomic E-state index is 9.16. The Morgan fingerprint density at radius 3 is 2.78 bits per heavy atom. The Bertz CT molecular complexity index is 629. The first-order chi connectivity index (χ1) is 8.61. The van der Waals surface area contributed by atoms with Crippen molar-refractivity contribution in [3.63, 3.8) is 0 Å². The Kier molecular flexibility index (Phi) is 3.63. The normalized spacial score (nSPS) is 9.89. The summed E-state index contributed by atoms with van der Waals surface area (Å²) >= 11 is 3.48. The van der Waals surface area contributed by atoms with Crippen molar-refractivity contribution in [1.29, 1.82) is 5.26 Å². The molecule has 0 unspecified atom stereocenters. The molecule has 0 saturated carbocycles. The van der Waals surface area contributed by atoms with Gasteiger partial charge in [0.15, 0.2) is 0 Å². The van der Waals surface area contributed by atoms with Crippen molar-refractivity contribution < 1.29 is 0 Å². The molecule has 0 aliphatic carbocycles. The van der Waals surface area contributed by atoms with Gasteiger partial charge in [0.2, 0.25) is 0 Å². The summed E-state index contributed by atoms with van der Waals surface area (Å²) in [6.45, 7) is 3.92. The van der Waals surface area contributed by atoms with Crippen LogP contribution in [0.5, 0.6) is 0 Å². The van der Waals surface area contributed by atoms with Crippen LogP contribution in [0.3, 0.4) is 0 Å². The molecule has 0 radical (unpaired) electrons. The molecule has 0 fully saturated rings. The SMILES string of the molecule is Cc1ccc(Br)c(Nc2nccc(C)c2C#N)c1. The van der Waals surface area contributed by atoms with Crippen molar-refractivity contribution in [2.75, 3.05) is 5.32 Å². The summed E-state index contributed by atoms with van der Waals surface area (Å²) < 4.78 is 0.945. The van der Waals surface area contributed by atoms with Crippen LogP contribution in [0.15, 0.2) is 34.9 Å². The van der Waals surface area contributed by atoms with Crippen LogP contribution in [-0.2, 0) is 0 Å². The number of hydrogen-bond donors (Lipinski definition) is 1. The highest BCUT2D eigenvalue weighted by molar-refractivity contribution is 9.10. The van der Waals surface area contributed by atoms with E-state index in [9.17, 15) is 0 Å². The van der Waals surface area contributed by atoms with Crippen LogP contribution in [0.25, 0.3) is 0 Å². The third kappa shape index (κ3) is 2.52. The largest absolute Gasteiger partial charge is 0.338 e. The molecular formula is C14H12BrN3. The molecule has 0 aliphatic rings. The number of pyridine rings is 1. The summed E-state index contributed by atoms with van der Waals surface area (Å²) in [6.07, 6.45) is 1.70. The molecule has 1 N–H and O–H groups in total. The molecule has 0 bridgehead atoms. The van der Waals surface area contributed by atoms with Crippen LogP contribution in [-0.4, -0.2) is 4.98 Å². The summed E-state index contributed by atoms with van der Waals surface area (Å²) in [5.74, 6) is 0.587. The fourth-order valence-electron chi connectivity index (χ4n) is 1.66. The highest BCUT2D eigenvalue weighted by atomic mass is 79.9. The highest BCUT2D eigenvalue weighted by Crippen LogP contribution is 2.28. The minimum Gasteiger partial charge on any atom is -0.338 e. The van der Waals surface area contributed by atoms with Gasteiger partial charge in [-0.3, -0.25) is 0 Å². The Labute approximate surface area is 115 Å². The minimum absolute atomic E-state index is 0.575. The number of nitriles is 1. The number of hydrogen-bond acceptors (Lipinski definition) is 3. The average Bonchev–Trinajstić information content (AvgIpc) is 2.34. The molecule has 3 nitrogen and oxygen atoms in total. The van der Waals surface area contributed by atoms with Crippen molar-refractivity contribution in [3.05, 3.63) is 51.6 Å². The number of benzene rings is 1. The van der Waals surface area contributed by atoms with Gasteiger partial charge in [0.05, 0.1) is 11.3 Å². The first-order valence-electron chi connectivity index (χ1n) is 5.50. The Hall–Kier alpha value is -1.86. The minimum atomic E-state index is 0.575. The van der Waals surface area contributed by atoms with E-state index in [0.717, 1.165) is 21.3 Å². The van der Waals surface area contributed by atoms with Gasteiger partial charge in [0.1, 0.15) is 11.9 Å². The third-order valence-corrected chi connectivity index (χ3v) is 3.34. The molecule has 0 spiro atoms. The molecule has 2 rings (SSSR count). The maximum Gasteiger partial charge on any atom is 0.148 e. The third-order valence-electron chi connectivity index (χ3n) is 2.65. The van der Waals surface area contributed by atoms with Crippen LogP contribution in [0.1, 0.15) is 16.7 Å². The van der Waals surface area contributed by atoms with Crippen LogP contribution in [0.2, 0.25) is 0 Å². The molecule has 90 valence electrons. The predicted molar refractivity (Wildman–Crippen MR) is 75.9 cm³/mol. The number of nitrogens with zero attached hydrogens (tertiary/aromatic N) is 2. The van der Waals surface area contributed by atoms with Gasteiger partial charge in [0.25, 0.3) is 0 Å². The van der Waals surface area contributed by atoms with Crippen LogP contribution in [0, 0.1) is 25.2 Å². The zero-order valence-corrected chi connectivity index (χ0v) is 11.7. The second kappa shape index (κ2) is 5.19. The van der Waals surface area contributed by atoms with E-state index in [1.807, 2.05) is 38.1 Å². The summed E-state index contributed by atoms with van der Waals surface area (Å²) in [7, 11) is 0. The van der Waals surface area contributed by atoms with Crippen LogP contribution in [0.4, 0.5) is 11.5 Å². The number of halogens is 1. The van der Waals surface area contributed by atoms with E-state index in [1.54, 1.807) is 6.20 Å². The maximum absolute atomic E-state index is 9.16. The van der Waals surface area contributed by atoms with E-state index in [1.165, 1.54) is 0 Å². The topological polar surface area (TPSA) is 48.7 Å². The second-order valence-corrected chi connectivity index (χ2v) is 4.93. The molecule has 1 aromatic carbocycles. The molecule has 0 saturated heterocycles. The fourth-order valence-corrected chi connectivity index (χ4v) is 2.00. The molecule has 4 heteroatoms. The van der Waals surface area contributed by atoms with Gasteiger partial charge in [-0.15, -0.1) is 0 Å². The van der Waals surface area contributed by atoms with Gasteiger partial charge in [-0.25, -0.2) is 4.98 Å². The molecular weight excluding hydrogens is 290 g/mol. The first kappa shape index (κ1) is 12.6. The molecule has 2 aromatic rings. The van der Waals surface area contributed by atoms with E-state index in [-0.39, 0.29) is 0 Å². The average molecular weight is 302 g/mol. The Balaban J connectivity index is 2.44. The van der Waals surface area contributed by atoms with E-state index in [0.29, 0.717) is 11.4 Å². The lowest BCUT2D eigenvalue weighted by atomic mass is 10.1. The molecule has 18 heavy (non-hydrogen) atoms. The van der Waals surface area contributed by atoms with E-state index >= 15 is 0 Å². The summed E-state index contributed by atoms with van der Waals surface area (Å²) in [4.78, 5) is 4.22. The van der Waals surface area contributed by atoms with Crippen LogP contribution < -0.4 is 5.32 Å². The lowest BCUT2D eigenvalue weighted by Gasteiger charge is -2.11. The number of aromatic nitrogens is 1. The van der Waals surface area contributed by atoms with Crippen molar-refractivity contribution in [2.45, 2.75) is 13.8 Å². The van der Waals surface area contributed by atoms with Gasteiger partial charge in [-0.2, -0.15) is 5.26 Å². The zero-order valence-electron chi connectivity index (χ0n) is 10.2. The van der Waals surface area contributed by atoms with E-state index in [2.05, 4.69) is 32.3 Å². The Morgan fingerprint density at radius 1 is 1.28 bits per heavy atom. The second-order valence-electron chi connectivity index (χ2n) is 4.07. The standard InChI is InChI=1S/C14H12BrN3/c1-9-3-4-12(15)13(7-9)18-14-11(8-16)10(2)5-6-17-14/h3-7H,1-2H3,(H,17,18). The number of aryl methyl sites for hydroxylation is 2. The van der Waals surface area contributed by atoms with Crippen molar-refractivity contribution in [3.8, 4) is 6.07 Å². The zero-order chi connectivity index (χ0) is 13.1. The molecule has 0 aliphatic heterocycles. The lowest BCUT2D eigenvalue weighted by Crippen LogP contribution is -1.99. The van der Waals surface area contributed by atoms with E-state index < -0.39 is 0 Å². The van der Waals surface area contributed by atoms with Crippen LogP contribution >= 0.6 is 15.9 Å². The summed E-state index contributed by atoms with van der Waals surface area (Å²) in [5, 5.41) is 12.4. The summed E-state index contributed by atoms with van der Waals surface area (Å²) in [5.41, 5.74) is 3.54. The first-order valence-corrected chi connectivity index (χ1v) is 6.30. The predicted octanol–water partition coefficient (Wildman–Crippen LogP) is 4.08. The quantitative estimate of drug-likeness (QED) is 0.909. The monoisotopic (exact) mass is 301 g/mol. The number of anilines is 2. The van der Waals surface area contributed by atoms with Gasteiger partial charge in [-0.1, -0.05) is 6.07 Å². The van der Waals surface area contributed by atoms with Gasteiger partial charge < -0.3 is 5.32 Å². The molecule has 1 aromatic heterocycles. The number of nitrogens with one attached hydrogen (secondary N) is 1. The smallest absolute Gasteiger partial charge is 0.148 e.